The summed E-state index contributed by atoms with van der Waals surface area (Å²) in [5.41, 5.74) is 0.714. The van der Waals surface area contributed by atoms with Crippen LogP contribution in [0.15, 0.2) is 48.5 Å². The van der Waals surface area contributed by atoms with Crippen molar-refractivity contribution >= 4 is 11.9 Å². The van der Waals surface area contributed by atoms with Crippen molar-refractivity contribution < 1.29 is 24.2 Å². The molecule has 0 spiro atoms. The van der Waals surface area contributed by atoms with Crippen molar-refractivity contribution in [3.8, 4) is 11.5 Å². The van der Waals surface area contributed by atoms with Crippen molar-refractivity contribution in [3.05, 3.63) is 59.7 Å². The molecule has 0 heterocycles. The van der Waals surface area contributed by atoms with E-state index in [-0.39, 0.29) is 23.8 Å². The minimum Gasteiger partial charge on any atom is -0.496 e. The van der Waals surface area contributed by atoms with E-state index in [0.717, 1.165) is 0 Å². The van der Waals surface area contributed by atoms with Crippen LogP contribution in [0.4, 0.5) is 0 Å². The molecule has 0 radical (unpaired) electrons. The first kappa shape index (κ1) is 17.3. The molecule has 0 saturated carbocycles. The number of amides is 1. The molecular weight excluding hydrogens is 310 g/mol. The standard InChI is InChI=1S/C18H19NO5/c1-12(24-14-6-4-3-5-7-14)17(20)19-11-13-8-9-16(23-2)15(10-13)18(21)22/h3-10,12H,11H2,1-2H3,(H,19,20)(H,21,22)/t12-/m1/s1. The van der Waals surface area contributed by atoms with E-state index in [2.05, 4.69) is 5.32 Å². The number of hydrogen-bond donors (Lipinski definition) is 2. The van der Waals surface area contributed by atoms with Gasteiger partial charge in [0.25, 0.3) is 5.91 Å². The minimum absolute atomic E-state index is 0.0535. The fourth-order valence-corrected chi connectivity index (χ4v) is 2.12. The summed E-state index contributed by atoms with van der Waals surface area (Å²) in [5, 5.41) is 11.9. The monoisotopic (exact) mass is 329 g/mol. The molecule has 0 aromatic heterocycles. The van der Waals surface area contributed by atoms with E-state index in [1.807, 2.05) is 18.2 Å². The molecule has 1 amide bonds. The predicted octanol–water partition coefficient (Wildman–Crippen LogP) is 2.48. The van der Waals surface area contributed by atoms with Crippen LogP contribution >= 0.6 is 0 Å². The second-order valence-electron chi connectivity index (χ2n) is 5.13. The second kappa shape index (κ2) is 8.01. The number of carboxylic acids is 1. The van der Waals surface area contributed by atoms with E-state index in [9.17, 15) is 9.59 Å². The summed E-state index contributed by atoms with van der Waals surface area (Å²) in [6, 6.07) is 13.8. The smallest absolute Gasteiger partial charge is 0.339 e. The van der Waals surface area contributed by atoms with Gasteiger partial charge in [-0.1, -0.05) is 24.3 Å². The van der Waals surface area contributed by atoms with Crippen LogP contribution in [0.2, 0.25) is 0 Å². The predicted molar refractivity (Wildman–Crippen MR) is 88.3 cm³/mol. The van der Waals surface area contributed by atoms with Crippen molar-refractivity contribution in [1.82, 2.24) is 5.32 Å². The van der Waals surface area contributed by atoms with Crippen LogP contribution in [0.1, 0.15) is 22.8 Å². The Morgan fingerprint density at radius 2 is 1.88 bits per heavy atom. The summed E-state index contributed by atoms with van der Waals surface area (Å²) in [6.45, 7) is 1.85. The molecule has 2 N–H and O–H groups in total. The van der Waals surface area contributed by atoms with Crippen LogP contribution < -0.4 is 14.8 Å². The van der Waals surface area contributed by atoms with E-state index >= 15 is 0 Å². The number of benzene rings is 2. The first-order chi connectivity index (χ1) is 11.5. The fourth-order valence-electron chi connectivity index (χ4n) is 2.12. The first-order valence-corrected chi connectivity index (χ1v) is 7.41. The summed E-state index contributed by atoms with van der Waals surface area (Å²) in [5.74, 6) is -0.483. The van der Waals surface area contributed by atoms with Crippen LogP contribution in [-0.2, 0) is 11.3 Å². The van der Waals surface area contributed by atoms with Gasteiger partial charge >= 0.3 is 5.97 Å². The Morgan fingerprint density at radius 3 is 2.50 bits per heavy atom. The fraction of sp³-hybridized carbons (Fsp3) is 0.222. The molecule has 0 bridgehead atoms. The SMILES string of the molecule is COc1ccc(CNC(=O)[C@@H](C)Oc2ccccc2)cc1C(=O)O. The maximum absolute atomic E-state index is 12.1. The molecule has 0 aliphatic carbocycles. The number of carbonyl (C=O) groups excluding carboxylic acids is 1. The van der Waals surface area contributed by atoms with Gasteiger partial charge in [-0.05, 0) is 36.8 Å². The second-order valence-corrected chi connectivity index (χ2v) is 5.13. The van der Waals surface area contributed by atoms with Gasteiger partial charge in [-0.3, -0.25) is 4.79 Å². The molecule has 2 aromatic carbocycles. The Balaban J connectivity index is 1.96. The van der Waals surface area contributed by atoms with Gasteiger partial charge in [0.05, 0.1) is 7.11 Å². The highest BCUT2D eigenvalue weighted by atomic mass is 16.5. The Morgan fingerprint density at radius 1 is 1.17 bits per heavy atom. The van der Waals surface area contributed by atoms with Crippen LogP contribution in [0.25, 0.3) is 0 Å². The number of nitrogens with one attached hydrogen (secondary N) is 1. The van der Waals surface area contributed by atoms with Gasteiger partial charge in [0.15, 0.2) is 6.10 Å². The molecule has 6 nitrogen and oxygen atoms in total. The average molecular weight is 329 g/mol. The Hall–Kier alpha value is -3.02. The Kier molecular flexibility index (Phi) is 5.78. The number of carbonyl (C=O) groups is 2. The Bertz CT molecular complexity index is 715. The maximum atomic E-state index is 12.1. The summed E-state index contributed by atoms with van der Waals surface area (Å²) in [7, 11) is 1.41. The van der Waals surface area contributed by atoms with E-state index in [0.29, 0.717) is 11.3 Å². The van der Waals surface area contributed by atoms with Gasteiger partial charge in [0.1, 0.15) is 17.1 Å². The molecule has 6 heteroatoms. The summed E-state index contributed by atoms with van der Waals surface area (Å²) in [4.78, 5) is 23.3. The lowest BCUT2D eigenvalue weighted by Gasteiger charge is -2.15. The molecule has 2 aromatic rings. The highest BCUT2D eigenvalue weighted by Crippen LogP contribution is 2.20. The first-order valence-electron chi connectivity index (χ1n) is 7.41. The minimum atomic E-state index is -1.08. The number of aromatic carboxylic acids is 1. The molecule has 0 aliphatic rings. The molecular formula is C18H19NO5. The van der Waals surface area contributed by atoms with Gasteiger partial charge in [0, 0.05) is 6.54 Å². The molecule has 0 fully saturated rings. The molecule has 126 valence electrons. The Labute approximate surface area is 140 Å². The van der Waals surface area contributed by atoms with Gasteiger partial charge in [-0.2, -0.15) is 0 Å². The third-order valence-corrected chi connectivity index (χ3v) is 3.39. The normalized spacial score (nSPS) is 11.4. The number of methoxy groups -OCH3 is 1. The highest BCUT2D eigenvalue weighted by Gasteiger charge is 2.15. The zero-order valence-electron chi connectivity index (χ0n) is 13.5. The number of carboxylic acid groups (broad SMARTS) is 1. The van der Waals surface area contributed by atoms with Crippen LogP contribution in [-0.4, -0.2) is 30.2 Å². The molecule has 2 rings (SSSR count). The maximum Gasteiger partial charge on any atom is 0.339 e. The van der Waals surface area contributed by atoms with E-state index in [1.165, 1.54) is 13.2 Å². The van der Waals surface area contributed by atoms with Crippen molar-refractivity contribution in [1.29, 1.82) is 0 Å². The third-order valence-electron chi connectivity index (χ3n) is 3.39. The lowest BCUT2D eigenvalue weighted by Crippen LogP contribution is -2.35. The molecule has 1 atom stereocenters. The summed E-state index contributed by atoms with van der Waals surface area (Å²) < 4.78 is 10.5. The van der Waals surface area contributed by atoms with Crippen molar-refractivity contribution in [3.63, 3.8) is 0 Å². The van der Waals surface area contributed by atoms with E-state index in [1.54, 1.807) is 31.2 Å². The molecule has 0 saturated heterocycles. The lowest BCUT2D eigenvalue weighted by atomic mass is 10.1. The van der Waals surface area contributed by atoms with Crippen molar-refractivity contribution in [2.75, 3.05) is 7.11 Å². The number of hydrogen-bond acceptors (Lipinski definition) is 4. The largest absolute Gasteiger partial charge is 0.496 e. The number of ether oxygens (including phenoxy) is 2. The van der Waals surface area contributed by atoms with E-state index < -0.39 is 12.1 Å². The number of para-hydroxylation sites is 1. The summed E-state index contributed by atoms with van der Waals surface area (Å²) in [6.07, 6.45) is -0.662. The van der Waals surface area contributed by atoms with Gasteiger partial charge in [-0.25, -0.2) is 4.79 Å². The van der Waals surface area contributed by atoms with Crippen LogP contribution in [0, 0.1) is 0 Å². The zero-order valence-corrected chi connectivity index (χ0v) is 13.5. The quantitative estimate of drug-likeness (QED) is 0.815. The third kappa shape index (κ3) is 4.49. The van der Waals surface area contributed by atoms with Gasteiger partial charge in [-0.15, -0.1) is 0 Å². The molecule has 0 unspecified atom stereocenters. The van der Waals surface area contributed by atoms with Gasteiger partial charge < -0.3 is 19.9 Å². The lowest BCUT2D eigenvalue weighted by molar-refractivity contribution is -0.127. The molecule has 24 heavy (non-hydrogen) atoms. The van der Waals surface area contributed by atoms with Crippen LogP contribution in [0.3, 0.4) is 0 Å². The highest BCUT2D eigenvalue weighted by molar-refractivity contribution is 5.91. The summed E-state index contributed by atoms with van der Waals surface area (Å²) >= 11 is 0. The number of rotatable bonds is 7. The van der Waals surface area contributed by atoms with Gasteiger partial charge in [0.2, 0.25) is 0 Å². The van der Waals surface area contributed by atoms with Crippen molar-refractivity contribution in [2.24, 2.45) is 0 Å². The molecule has 0 aliphatic heterocycles. The van der Waals surface area contributed by atoms with Crippen molar-refractivity contribution in [2.45, 2.75) is 19.6 Å². The topological polar surface area (TPSA) is 84.9 Å². The average Bonchev–Trinajstić information content (AvgIpc) is 2.60. The van der Waals surface area contributed by atoms with E-state index in [4.69, 9.17) is 14.6 Å². The van der Waals surface area contributed by atoms with Crippen LogP contribution in [0.5, 0.6) is 11.5 Å². The zero-order chi connectivity index (χ0) is 17.5.